The van der Waals surface area contributed by atoms with Crippen molar-refractivity contribution < 1.29 is 5.11 Å². The minimum atomic E-state index is -0.282. The second kappa shape index (κ2) is 7.10. The zero-order valence-corrected chi connectivity index (χ0v) is 16.0. The first-order chi connectivity index (χ1) is 13.4. The third-order valence-electron chi connectivity index (χ3n) is 4.17. The fraction of sp³-hybridized carbons (Fsp3) is 0.0526. The van der Waals surface area contributed by atoms with Gasteiger partial charge in [-0.1, -0.05) is 29.3 Å². The molecule has 3 aromatic heterocycles. The summed E-state index contributed by atoms with van der Waals surface area (Å²) in [7, 11) is 1.62. The molecule has 0 radical (unpaired) electrons. The summed E-state index contributed by atoms with van der Waals surface area (Å²) in [6.07, 6.45) is 2.90. The van der Waals surface area contributed by atoms with Gasteiger partial charge < -0.3 is 10.4 Å². The molecule has 0 bridgehead atoms. The smallest absolute Gasteiger partial charge is 0.259 e. The van der Waals surface area contributed by atoms with Gasteiger partial charge in [0.2, 0.25) is 5.95 Å². The van der Waals surface area contributed by atoms with Gasteiger partial charge in [-0.15, -0.1) is 0 Å². The lowest BCUT2D eigenvalue weighted by Crippen LogP contribution is -2.20. The van der Waals surface area contributed by atoms with E-state index >= 15 is 0 Å². The first kappa shape index (κ1) is 18.2. The van der Waals surface area contributed by atoms with Crippen LogP contribution in [0.5, 0.6) is 5.75 Å². The van der Waals surface area contributed by atoms with Gasteiger partial charge in [-0.2, -0.15) is 4.98 Å². The summed E-state index contributed by atoms with van der Waals surface area (Å²) < 4.78 is 1.42. The summed E-state index contributed by atoms with van der Waals surface area (Å²) >= 11 is 12.5. The fourth-order valence-corrected chi connectivity index (χ4v) is 3.42. The Morgan fingerprint density at radius 2 is 1.82 bits per heavy atom. The zero-order valence-electron chi connectivity index (χ0n) is 14.5. The molecule has 4 rings (SSSR count). The highest BCUT2D eigenvalue weighted by molar-refractivity contribution is 6.39. The highest BCUT2D eigenvalue weighted by Gasteiger charge is 2.16. The fourth-order valence-electron chi connectivity index (χ4n) is 2.82. The summed E-state index contributed by atoms with van der Waals surface area (Å²) in [5, 5.41) is 13.7. The van der Waals surface area contributed by atoms with Crippen molar-refractivity contribution in [2.75, 3.05) is 5.32 Å². The predicted octanol–water partition coefficient (Wildman–Crippen LogP) is 4.15. The van der Waals surface area contributed by atoms with E-state index in [0.717, 1.165) is 0 Å². The lowest BCUT2D eigenvalue weighted by Gasteiger charge is -2.12. The molecule has 1 aromatic carbocycles. The quantitative estimate of drug-likeness (QED) is 0.523. The lowest BCUT2D eigenvalue weighted by molar-refractivity contribution is 0.473. The molecule has 3 heterocycles. The van der Waals surface area contributed by atoms with E-state index in [0.29, 0.717) is 38.0 Å². The monoisotopic (exact) mass is 413 g/mol. The van der Waals surface area contributed by atoms with Crippen LogP contribution in [-0.4, -0.2) is 24.6 Å². The highest BCUT2D eigenvalue weighted by atomic mass is 35.5. The summed E-state index contributed by atoms with van der Waals surface area (Å²) in [6.45, 7) is 0. The number of nitrogens with zero attached hydrogens (tertiary/aromatic N) is 4. The molecule has 7 nitrogen and oxygen atoms in total. The van der Waals surface area contributed by atoms with Crippen LogP contribution in [-0.2, 0) is 7.05 Å². The molecule has 0 amide bonds. The van der Waals surface area contributed by atoms with Crippen LogP contribution in [0, 0.1) is 0 Å². The van der Waals surface area contributed by atoms with Crippen molar-refractivity contribution in [2.24, 2.45) is 7.05 Å². The number of rotatable bonds is 3. The Bertz CT molecular complexity index is 1240. The van der Waals surface area contributed by atoms with Gasteiger partial charge in [-0.25, -0.2) is 9.97 Å². The van der Waals surface area contributed by atoms with E-state index < -0.39 is 0 Å². The largest absolute Gasteiger partial charge is 0.506 e. The van der Waals surface area contributed by atoms with Gasteiger partial charge in [0.1, 0.15) is 17.2 Å². The van der Waals surface area contributed by atoms with Gasteiger partial charge in [0, 0.05) is 24.2 Å². The van der Waals surface area contributed by atoms with Crippen LogP contribution < -0.4 is 10.9 Å². The first-order valence-electron chi connectivity index (χ1n) is 8.17. The number of halogens is 2. The number of aryl methyl sites for hydroxylation is 1. The molecular weight excluding hydrogens is 401 g/mol. The van der Waals surface area contributed by atoms with E-state index in [1.54, 1.807) is 43.6 Å². The van der Waals surface area contributed by atoms with E-state index in [9.17, 15) is 9.90 Å². The Morgan fingerprint density at radius 1 is 1.07 bits per heavy atom. The van der Waals surface area contributed by atoms with Crippen LogP contribution in [0.1, 0.15) is 0 Å². The van der Waals surface area contributed by atoms with Crippen molar-refractivity contribution in [2.45, 2.75) is 0 Å². The van der Waals surface area contributed by atoms with Crippen molar-refractivity contribution in [1.82, 2.24) is 19.5 Å². The number of fused-ring (bicyclic) bond motifs is 1. The van der Waals surface area contributed by atoms with Gasteiger partial charge in [0.15, 0.2) is 0 Å². The molecule has 9 heteroatoms. The number of benzene rings is 1. The number of hydrogen-bond acceptors (Lipinski definition) is 6. The Morgan fingerprint density at radius 3 is 2.50 bits per heavy atom. The molecule has 2 N–H and O–H groups in total. The molecule has 0 saturated carbocycles. The van der Waals surface area contributed by atoms with Crippen LogP contribution in [0.4, 0.5) is 11.8 Å². The molecule has 0 aliphatic carbocycles. The topological polar surface area (TPSA) is 92.9 Å². The van der Waals surface area contributed by atoms with Crippen molar-refractivity contribution in [1.29, 1.82) is 0 Å². The molecule has 0 aliphatic heterocycles. The molecule has 0 unspecified atom stereocenters. The second-order valence-corrected chi connectivity index (χ2v) is 6.83. The van der Waals surface area contributed by atoms with Crippen LogP contribution in [0.2, 0.25) is 10.0 Å². The number of aromatic nitrogens is 4. The maximum atomic E-state index is 12.9. The molecule has 140 valence electrons. The van der Waals surface area contributed by atoms with Gasteiger partial charge >= 0.3 is 0 Å². The van der Waals surface area contributed by atoms with Gasteiger partial charge in [-0.05, 0) is 30.3 Å². The lowest BCUT2D eigenvalue weighted by atomic mass is 10.1. The Balaban J connectivity index is 1.82. The van der Waals surface area contributed by atoms with Crippen LogP contribution >= 0.6 is 23.2 Å². The van der Waals surface area contributed by atoms with Crippen molar-refractivity contribution in [3.05, 3.63) is 69.2 Å². The van der Waals surface area contributed by atoms with Crippen molar-refractivity contribution in [3.63, 3.8) is 0 Å². The number of hydrogen-bond donors (Lipinski definition) is 2. The third-order valence-corrected chi connectivity index (χ3v) is 4.80. The Hall–Kier alpha value is -3.16. The molecular formula is C19H13Cl2N5O2. The van der Waals surface area contributed by atoms with Crippen LogP contribution in [0.15, 0.2) is 53.6 Å². The molecule has 0 aliphatic rings. The molecule has 0 spiro atoms. The zero-order chi connectivity index (χ0) is 19.8. The molecule has 28 heavy (non-hydrogen) atoms. The second-order valence-electron chi connectivity index (χ2n) is 6.02. The minimum Gasteiger partial charge on any atom is -0.506 e. The molecule has 0 atom stereocenters. The minimum absolute atomic E-state index is 0.0538. The number of anilines is 2. The van der Waals surface area contributed by atoms with Gasteiger partial charge in [0.05, 0.1) is 21.8 Å². The van der Waals surface area contributed by atoms with Gasteiger partial charge in [0.25, 0.3) is 5.56 Å². The molecule has 0 fully saturated rings. The van der Waals surface area contributed by atoms with E-state index in [1.807, 2.05) is 0 Å². The number of aromatic hydroxyl groups is 1. The number of nitrogens with one attached hydrogen (secondary N) is 1. The molecule has 0 saturated heterocycles. The summed E-state index contributed by atoms with van der Waals surface area (Å²) in [5.41, 5.74) is 1.00. The first-order valence-corrected chi connectivity index (χ1v) is 8.93. The van der Waals surface area contributed by atoms with Gasteiger partial charge in [-0.3, -0.25) is 9.36 Å². The maximum absolute atomic E-state index is 12.9. The Labute approximate surface area is 169 Å². The highest BCUT2D eigenvalue weighted by Crippen LogP contribution is 2.33. The average molecular weight is 414 g/mol. The van der Waals surface area contributed by atoms with Crippen LogP contribution in [0.25, 0.3) is 22.2 Å². The summed E-state index contributed by atoms with van der Waals surface area (Å²) in [4.78, 5) is 25.6. The van der Waals surface area contributed by atoms with E-state index in [1.165, 1.54) is 16.8 Å². The average Bonchev–Trinajstić information content (AvgIpc) is 2.68. The Kier molecular flexibility index (Phi) is 4.62. The SMILES string of the molecule is Cn1c(=O)c(-c2c(Cl)cccc2Cl)cc2cnc(Nc3ccc(O)cn3)nc21. The van der Waals surface area contributed by atoms with Crippen molar-refractivity contribution in [3.8, 4) is 16.9 Å². The normalized spacial score (nSPS) is 11.0. The third kappa shape index (κ3) is 3.26. The molecule has 4 aromatic rings. The summed E-state index contributed by atoms with van der Waals surface area (Å²) in [6, 6.07) is 9.84. The number of pyridine rings is 2. The van der Waals surface area contributed by atoms with Crippen LogP contribution in [0.3, 0.4) is 0 Å². The standard InChI is InChI=1S/C19H13Cl2N5O2/c1-26-17-10(7-12(18(26)28)16-13(20)3-2-4-14(16)21)8-23-19(25-17)24-15-6-5-11(27)9-22-15/h2-9,27H,1H3,(H,22,23,24,25). The van der Waals surface area contributed by atoms with E-state index in [-0.39, 0.29) is 17.3 Å². The summed E-state index contributed by atoms with van der Waals surface area (Å²) in [5.74, 6) is 0.781. The maximum Gasteiger partial charge on any atom is 0.259 e. The van der Waals surface area contributed by atoms with E-state index in [4.69, 9.17) is 23.2 Å². The van der Waals surface area contributed by atoms with Crippen molar-refractivity contribution >= 4 is 46.0 Å². The predicted molar refractivity (Wildman–Crippen MR) is 109 cm³/mol. The van der Waals surface area contributed by atoms with E-state index in [2.05, 4.69) is 20.3 Å².